The molecule has 0 saturated heterocycles. The molecule has 3 rings (SSSR count). The Morgan fingerprint density at radius 2 is 2.33 bits per heavy atom. The smallest absolute Gasteiger partial charge is 0.153 e. The molecule has 0 amide bonds. The lowest BCUT2D eigenvalue weighted by molar-refractivity contribution is -0.0221. The quantitative estimate of drug-likeness (QED) is 0.867. The molecular weight excluding hydrogens is 248 g/mol. The van der Waals surface area contributed by atoms with Crippen LogP contribution in [0, 0.1) is 5.92 Å². The van der Waals surface area contributed by atoms with E-state index in [1.807, 2.05) is 24.3 Å². The first-order chi connectivity index (χ1) is 8.65. The summed E-state index contributed by atoms with van der Waals surface area (Å²) in [5, 5.41) is 12.4. The zero-order valence-electron chi connectivity index (χ0n) is 10.4. The van der Waals surface area contributed by atoms with Gasteiger partial charge in [-0.3, -0.25) is 0 Å². The second-order valence-electron chi connectivity index (χ2n) is 5.19. The van der Waals surface area contributed by atoms with Crippen molar-refractivity contribution in [2.24, 2.45) is 5.92 Å². The summed E-state index contributed by atoms with van der Waals surface area (Å²) in [6, 6.07) is 7.62. The normalized spacial score (nSPS) is 28.1. The van der Waals surface area contributed by atoms with Crippen LogP contribution in [-0.2, 0) is 5.60 Å². The molecule has 0 radical (unpaired) electrons. The van der Waals surface area contributed by atoms with Crippen LogP contribution in [0.1, 0.15) is 38.4 Å². The SMILES string of the molecule is CCC1CCCC1(O)c1cc2cccc(Cl)c2o1. The highest BCUT2D eigenvalue weighted by atomic mass is 35.5. The van der Waals surface area contributed by atoms with Crippen molar-refractivity contribution in [3.63, 3.8) is 0 Å². The van der Waals surface area contributed by atoms with E-state index in [2.05, 4.69) is 6.92 Å². The van der Waals surface area contributed by atoms with Gasteiger partial charge in [0.05, 0.1) is 5.02 Å². The fourth-order valence-electron chi connectivity index (χ4n) is 3.17. The van der Waals surface area contributed by atoms with E-state index in [1.165, 1.54) is 0 Å². The first-order valence-electron chi connectivity index (χ1n) is 6.56. The maximum Gasteiger partial charge on any atom is 0.153 e. The fraction of sp³-hybridized carbons (Fsp3) is 0.467. The van der Waals surface area contributed by atoms with E-state index in [0.29, 0.717) is 16.4 Å². The van der Waals surface area contributed by atoms with Gasteiger partial charge in [-0.05, 0) is 37.3 Å². The Morgan fingerprint density at radius 3 is 3.06 bits per heavy atom. The van der Waals surface area contributed by atoms with Crippen LogP contribution in [0.5, 0.6) is 0 Å². The summed E-state index contributed by atoms with van der Waals surface area (Å²) in [5.74, 6) is 0.965. The third kappa shape index (κ3) is 1.67. The summed E-state index contributed by atoms with van der Waals surface area (Å²) in [5.41, 5.74) is -0.124. The average molecular weight is 265 g/mol. The van der Waals surface area contributed by atoms with Gasteiger partial charge in [-0.15, -0.1) is 0 Å². The van der Waals surface area contributed by atoms with Gasteiger partial charge in [0, 0.05) is 5.39 Å². The molecule has 1 aromatic carbocycles. The first kappa shape index (κ1) is 12.1. The summed E-state index contributed by atoms with van der Waals surface area (Å²) >= 11 is 6.12. The molecule has 2 unspecified atom stereocenters. The van der Waals surface area contributed by atoms with E-state index in [0.717, 1.165) is 31.1 Å². The van der Waals surface area contributed by atoms with Crippen LogP contribution in [0.2, 0.25) is 5.02 Å². The Bertz CT molecular complexity index is 575. The van der Waals surface area contributed by atoms with Crippen LogP contribution in [-0.4, -0.2) is 5.11 Å². The Hall–Kier alpha value is -0.990. The number of fused-ring (bicyclic) bond motifs is 1. The maximum absolute atomic E-state index is 10.9. The van der Waals surface area contributed by atoms with E-state index >= 15 is 0 Å². The molecule has 0 aliphatic heterocycles. The molecule has 18 heavy (non-hydrogen) atoms. The van der Waals surface area contributed by atoms with E-state index in [-0.39, 0.29) is 5.92 Å². The number of benzene rings is 1. The number of hydrogen-bond acceptors (Lipinski definition) is 2. The van der Waals surface area contributed by atoms with Crippen LogP contribution in [0.3, 0.4) is 0 Å². The Morgan fingerprint density at radius 1 is 1.50 bits per heavy atom. The fourth-order valence-corrected chi connectivity index (χ4v) is 3.39. The minimum absolute atomic E-state index is 0.289. The van der Waals surface area contributed by atoms with Crippen molar-refractivity contribution in [2.45, 2.75) is 38.2 Å². The molecule has 1 fully saturated rings. The summed E-state index contributed by atoms with van der Waals surface area (Å²) < 4.78 is 5.84. The van der Waals surface area contributed by atoms with E-state index in [9.17, 15) is 5.11 Å². The monoisotopic (exact) mass is 264 g/mol. The average Bonchev–Trinajstić information content (AvgIpc) is 2.94. The van der Waals surface area contributed by atoms with Gasteiger partial charge in [-0.25, -0.2) is 0 Å². The van der Waals surface area contributed by atoms with E-state index in [1.54, 1.807) is 0 Å². The molecule has 0 spiro atoms. The van der Waals surface area contributed by atoms with Crippen molar-refractivity contribution >= 4 is 22.6 Å². The van der Waals surface area contributed by atoms with Crippen molar-refractivity contribution in [1.29, 1.82) is 0 Å². The Kier molecular flexibility index (Phi) is 2.87. The van der Waals surface area contributed by atoms with Gasteiger partial charge in [0.15, 0.2) is 5.58 Å². The molecule has 2 atom stereocenters. The predicted octanol–water partition coefficient (Wildman–Crippen LogP) is 4.48. The minimum atomic E-state index is -0.808. The topological polar surface area (TPSA) is 33.4 Å². The lowest BCUT2D eigenvalue weighted by Crippen LogP contribution is -2.29. The van der Waals surface area contributed by atoms with Gasteiger partial charge in [-0.2, -0.15) is 0 Å². The maximum atomic E-state index is 10.9. The highest BCUT2D eigenvalue weighted by molar-refractivity contribution is 6.34. The molecule has 1 aliphatic carbocycles. The van der Waals surface area contributed by atoms with Gasteiger partial charge in [-0.1, -0.05) is 37.1 Å². The van der Waals surface area contributed by atoms with Crippen LogP contribution < -0.4 is 0 Å². The largest absolute Gasteiger partial charge is 0.456 e. The molecule has 0 bridgehead atoms. The van der Waals surface area contributed by atoms with Gasteiger partial charge in [0.1, 0.15) is 11.4 Å². The Balaban J connectivity index is 2.11. The first-order valence-corrected chi connectivity index (χ1v) is 6.94. The molecule has 1 heterocycles. The molecule has 1 aliphatic rings. The van der Waals surface area contributed by atoms with Gasteiger partial charge in [0.25, 0.3) is 0 Å². The number of para-hydroxylation sites is 1. The number of hydrogen-bond donors (Lipinski definition) is 1. The molecule has 1 saturated carbocycles. The highest BCUT2D eigenvalue weighted by Gasteiger charge is 2.44. The Labute approximate surface area is 112 Å². The predicted molar refractivity (Wildman–Crippen MR) is 72.8 cm³/mol. The zero-order valence-corrected chi connectivity index (χ0v) is 11.2. The van der Waals surface area contributed by atoms with Crippen LogP contribution >= 0.6 is 11.6 Å². The molecule has 2 nitrogen and oxygen atoms in total. The van der Waals surface area contributed by atoms with Gasteiger partial charge in [0.2, 0.25) is 0 Å². The molecule has 1 N–H and O–H groups in total. The number of aliphatic hydroxyl groups is 1. The van der Waals surface area contributed by atoms with Crippen molar-refractivity contribution in [3.05, 3.63) is 35.0 Å². The number of rotatable bonds is 2. The standard InChI is InChI=1S/C15H17ClO2/c1-2-11-6-4-8-15(11,17)13-9-10-5-3-7-12(16)14(10)18-13/h3,5,7,9,11,17H,2,4,6,8H2,1H3. The van der Waals surface area contributed by atoms with Gasteiger partial charge >= 0.3 is 0 Å². The van der Waals surface area contributed by atoms with Crippen LogP contribution in [0.15, 0.2) is 28.7 Å². The molecule has 1 aromatic heterocycles. The minimum Gasteiger partial charge on any atom is -0.456 e. The molecule has 2 aromatic rings. The van der Waals surface area contributed by atoms with Crippen molar-refractivity contribution in [3.8, 4) is 0 Å². The van der Waals surface area contributed by atoms with E-state index < -0.39 is 5.60 Å². The zero-order chi connectivity index (χ0) is 12.8. The third-order valence-electron chi connectivity index (χ3n) is 4.20. The van der Waals surface area contributed by atoms with Crippen LogP contribution in [0.25, 0.3) is 11.0 Å². The summed E-state index contributed by atoms with van der Waals surface area (Å²) in [4.78, 5) is 0. The second-order valence-corrected chi connectivity index (χ2v) is 5.60. The van der Waals surface area contributed by atoms with Crippen molar-refractivity contribution < 1.29 is 9.52 Å². The third-order valence-corrected chi connectivity index (χ3v) is 4.50. The van der Waals surface area contributed by atoms with E-state index in [4.69, 9.17) is 16.0 Å². The number of furan rings is 1. The summed E-state index contributed by atoms with van der Waals surface area (Å²) in [6.07, 6.45) is 3.88. The van der Waals surface area contributed by atoms with Crippen LogP contribution in [0.4, 0.5) is 0 Å². The highest BCUT2D eigenvalue weighted by Crippen LogP contribution is 2.46. The lowest BCUT2D eigenvalue weighted by Gasteiger charge is -2.27. The summed E-state index contributed by atoms with van der Waals surface area (Å²) in [7, 11) is 0. The molecular formula is C15H17ClO2. The lowest BCUT2D eigenvalue weighted by atomic mass is 9.86. The summed E-state index contributed by atoms with van der Waals surface area (Å²) in [6.45, 7) is 2.12. The molecule has 3 heteroatoms. The molecule has 96 valence electrons. The second kappa shape index (κ2) is 4.29. The van der Waals surface area contributed by atoms with Crippen molar-refractivity contribution in [2.75, 3.05) is 0 Å². The number of halogens is 1. The van der Waals surface area contributed by atoms with Gasteiger partial charge < -0.3 is 9.52 Å². The van der Waals surface area contributed by atoms with Crippen molar-refractivity contribution in [1.82, 2.24) is 0 Å².